The van der Waals surface area contributed by atoms with E-state index >= 15 is 0 Å². The van der Waals surface area contributed by atoms with E-state index in [0.29, 0.717) is 10.6 Å². The molecule has 0 aliphatic rings. The first-order valence-corrected chi connectivity index (χ1v) is 8.18. The average Bonchev–Trinajstić information content (AvgIpc) is 2.51. The van der Waals surface area contributed by atoms with E-state index in [1.54, 1.807) is 19.1 Å². The van der Waals surface area contributed by atoms with Gasteiger partial charge in [0, 0.05) is 11.0 Å². The molecular weight excluding hydrogens is 336 g/mol. The summed E-state index contributed by atoms with van der Waals surface area (Å²) in [7, 11) is 0. The van der Waals surface area contributed by atoms with Gasteiger partial charge in [0.05, 0.1) is 15.7 Å². The van der Waals surface area contributed by atoms with Crippen molar-refractivity contribution in [1.29, 1.82) is 0 Å². The summed E-state index contributed by atoms with van der Waals surface area (Å²) in [4.78, 5) is 23.6. The number of nitro benzene ring substituents is 1. The molecule has 0 spiro atoms. The monoisotopic (exact) mass is 350 g/mol. The number of aryl methyl sites for hydroxylation is 1. The number of nitrogens with one attached hydrogen (secondary N) is 1. The lowest BCUT2D eigenvalue weighted by molar-refractivity contribution is -0.384. The van der Waals surface area contributed by atoms with Crippen LogP contribution in [0.15, 0.2) is 41.3 Å². The Bertz CT molecular complexity index is 765. The van der Waals surface area contributed by atoms with Gasteiger partial charge in [-0.25, -0.2) is 0 Å². The van der Waals surface area contributed by atoms with E-state index in [1.165, 1.54) is 17.8 Å². The third-order valence-electron chi connectivity index (χ3n) is 3.37. The Morgan fingerprint density at radius 2 is 1.96 bits per heavy atom. The van der Waals surface area contributed by atoms with Crippen LogP contribution < -0.4 is 5.32 Å². The van der Waals surface area contributed by atoms with Crippen LogP contribution in [-0.4, -0.2) is 16.6 Å². The molecule has 0 fully saturated rings. The van der Waals surface area contributed by atoms with E-state index in [2.05, 4.69) is 5.32 Å². The third-order valence-corrected chi connectivity index (χ3v) is 4.89. The van der Waals surface area contributed by atoms with Gasteiger partial charge in [-0.05, 0) is 37.1 Å². The first-order valence-electron chi connectivity index (χ1n) is 6.82. The van der Waals surface area contributed by atoms with Crippen molar-refractivity contribution in [1.82, 2.24) is 0 Å². The van der Waals surface area contributed by atoms with Crippen LogP contribution in [0.5, 0.6) is 0 Å². The topological polar surface area (TPSA) is 72.2 Å². The second-order valence-corrected chi connectivity index (χ2v) is 6.35. The van der Waals surface area contributed by atoms with Crippen molar-refractivity contribution in [3.8, 4) is 0 Å². The van der Waals surface area contributed by atoms with Crippen molar-refractivity contribution in [2.75, 3.05) is 11.1 Å². The van der Waals surface area contributed by atoms with Crippen molar-refractivity contribution in [2.24, 2.45) is 0 Å². The second kappa shape index (κ2) is 7.48. The van der Waals surface area contributed by atoms with Crippen molar-refractivity contribution in [3.05, 3.63) is 62.7 Å². The van der Waals surface area contributed by atoms with E-state index in [9.17, 15) is 14.9 Å². The summed E-state index contributed by atoms with van der Waals surface area (Å²) in [5.74, 6) is -0.194. The number of hydrogen-bond acceptors (Lipinski definition) is 4. The molecule has 0 atom stereocenters. The highest BCUT2D eigenvalue weighted by Gasteiger charge is 2.19. The number of rotatable bonds is 5. The molecule has 120 valence electrons. The zero-order valence-electron chi connectivity index (χ0n) is 12.6. The summed E-state index contributed by atoms with van der Waals surface area (Å²) in [6.07, 6.45) is 0. The van der Waals surface area contributed by atoms with Crippen LogP contribution in [0.3, 0.4) is 0 Å². The van der Waals surface area contributed by atoms with Crippen LogP contribution >= 0.6 is 23.4 Å². The Kier molecular flexibility index (Phi) is 5.63. The molecule has 5 nitrogen and oxygen atoms in total. The molecule has 0 heterocycles. The zero-order chi connectivity index (χ0) is 17.0. The lowest BCUT2D eigenvalue weighted by atomic mass is 10.1. The molecule has 0 radical (unpaired) electrons. The van der Waals surface area contributed by atoms with Gasteiger partial charge >= 0.3 is 0 Å². The number of hydrogen-bond donors (Lipinski definition) is 1. The standard InChI is InChI=1S/C16H15ClN2O3S/c1-10-7-8-13(19(21)22)16(11(10)2)18-15(20)9-23-14-6-4-3-5-12(14)17/h3-8H,9H2,1-2H3,(H,18,20). The molecule has 1 N–H and O–H groups in total. The fourth-order valence-corrected chi connectivity index (χ4v) is 3.03. The maximum absolute atomic E-state index is 12.1. The summed E-state index contributed by atoms with van der Waals surface area (Å²) in [5, 5.41) is 14.3. The Labute approximate surface area is 143 Å². The Morgan fingerprint density at radius 1 is 1.26 bits per heavy atom. The van der Waals surface area contributed by atoms with Crippen molar-refractivity contribution >= 4 is 40.6 Å². The molecular formula is C16H15ClN2O3S. The van der Waals surface area contributed by atoms with Crippen LogP contribution in [0.4, 0.5) is 11.4 Å². The lowest BCUT2D eigenvalue weighted by Gasteiger charge is -2.11. The molecule has 23 heavy (non-hydrogen) atoms. The maximum Gasteiger partial charge on any atom is 0.293 e. The molecule has 0 saturated carbocycles. The first-order chi connectivity index (χ1) is 10.9. The highest BCUT2D eigenvalue weighted by molar-refractivity contribution is 8.00. The molecule has 1 amide bonds. The number of amides is 1. The number of thioether (sulfide) groups is 1. The smallest absolute Gasteiger partial charge is 0.293 e. The van der Waals surface area contributed by atoms with Crippen LogP contribution in [-0.2, 0) is 4.79 Å². The summed E-state index contributed by atoms with van der Waals surface area (Å²) in [6.45, 7) is 3.59. The van der Waals surface area contributed by atoms with Gasteiger partial charge in [-0.3, -0.25) is 14.9 Å². The summed E-state index contributed by atoms with van der Waals surface area (Å²) in [5.41, 5.74) is 1.71. The molecule has 0 aliphatic heterocycles. The lowest BCUT2D eigenvalue weighted by Crippen LogP contribution is -2.16. The molecule has 0 unspecified atom stereocenters. The van der Waals surface area contributed by atoms with Gasteiger partial charge in [-0.2, -0.15) is 0 Å². The van der Waals surface area contributed by atoms with Crippen LogP contribution in [0, 0.1) is 24.0 Å². The number of nitro groups is 1. The van der Waals surface area contributed by atoms with Gasteiger partial charge in [0.15, 0.2) is 0 Å². The van der Waals surface area contributed by atoms with E-state index in [4.69, 9.17) is 11.6 Å². The average molecular weight is 351 g/mol. The fourth-order valence-electron chi connectivity index (χ4n) is 1.99. The van der Waals surface area contributed by atoms with Crippen LogP contribution in [0.25, 0.3) is 0 Å². The second-order valence-electron chi connectivity index (χ2n) is 4.93. The van der Waals surface area contributed by atoms with E-state index in [1.807, 2.05) is 25.1 Å². The third kappa shape index (κ3) is 4.24. The van der Waals surface area contributed by atoms with Crippen molar-refractivity contribution < 1.29 is 9.72 Å². The Hall–Kier alpha value is -2.05. The molecule has 7 heteroatoms. The SMILES string of the molecule is Cc1ccc([N+](=O)[O-])c(NC(=O)CSc2ccccc2Cl)c1C. The van der Waals surface area contributed by atoms with Crippen LogP contribution in [0.2, 0.25) is 5.02 Å². The predicted octanol–water partition coefficient (Wildman–Crippen LogP) is 4.60. The van der Waals surface area contributed by atoms with E-state index < -0.39 is 4.92 Å². The Morgan fingerprint density at radius 3 is 2.61 bits per heavy atom. The minimum absolute atomic E-state index is 0.107. The van der Waals surface area contributed by atoms with E-state index in [0.717, 1.165) is 10.5 Å². The molecule has 0 aromatic heterocycles. The predicted molar refractivity (Wildman–Crippen MR) is 93.4 cm³/mol. The number of nitrogens with zero attached hydrogens (tertiary/aromatic N) is 1. The minimum Gasteiger partial charge on any atom is -0.319 e. The molecule has 0 aliphatic carbocycles. The number of carbonyl (C=O) groups is 1. The van der Waals surface area contributed by atoms with Gasteiger partial charge in [0.1, 0.15) is 5.69 Å². The minimum atomic E-state index is -0.497. The molecule has 2 aromatic rings. The summed E-state index contributed by atoms with van der Waals surface area (Å²) >= 11 is 7.32. The molecule has 2 rings (SSSR count). The van der Waals surface area contributed by atoms with Gasteiger partial charge in [0.25, 0.3) is 5.69 Å². The number of benzene rings is 2. The molecule has 0 bridgehead atoms. The zero-order valence-corrected chi connectivity index (χ0v) is 14.2. The largest absolute Gasteiger partial charge is 0.319 e. The molecule has 0 saturated heterocycles. The number of halogens is 1. The highest BCUT2D eigenvalue weighted by atomic mass is 35.5. The summed E-state index contributed by atoms with van der Waals surface area (Å²) < 4.78 is 0. The molecule has 2 aromatic carbocycles. The summed E-state index contributed by atoms with van der Waals surface area (Å²) in [6, 6.07) is 10.3. The van der Waals surface area contributed by atoms with Gasteiger partial charge in [-0.1, -0.05) is 29.8 Å². The van der Waals surface area contributed by atoms with Gasteiger partial charge in [-0.15, -0.1) is 11.8 Å². The van der Waals surface area contributed by atoms with Crippen molar-refractivity contribution in [2.45, 2.75) is 18.7 Å². The van der Waals surface area contributed by atoms with Crippen molar-refractivity contribution in [3.63, 3.8) is 0 Å². The number of carbonyl (C=O) groups excluding carboxylic acids is 1. The highest BCUT2D eigenvalue weighted by Crippen LogP contribution is 2.31. The quantitative estimate of drug-likeness (QED) is 0.486. The van der Waals surface area contributed by atoms with Gasteiger partial charge in [0.2, 0.25) is 5.91 Å². The van der Waals surface area contributed by atoms with E-state index in [-0.39, 0.29) is 23.0 Å². The fraction of sp³-hybridized carbons (Fsp3) is 0.188. The number of anilines is 1. The Balaban J connectivity index is 2.13. The first kappa shape index (κ1) is 17.3. The maximum atomic E-state index is 12.1. The van der Waals surface area contributed by atoms with Crippen LogP contribution in [0.1, 0.15) is 11.1 Å². The normalized spacial score (nSPS) is 10.4. The van der Waals surface area contributed by atoms with Gasteiger partial charge < -0.3 is 5.32 Å².